The molecule has 2 aromatic heterocycles. The molecule has 1 aliphatic heterocycles. The van der Waals surface area contributed by atoms with E-state index in [2.05, 4.69) is 15.2 Å². The zero-order valence-electron chi connectivity index (χ0n) is 16.6. The first kappa shape index (κ1) is 19.8. The zero-order valence-corrected chi connectivity index (χ0v) is 16.6. The van der Waals surface area contributed by atoms with Gasteiger partial charge in [0, 0.05) is 38.6 Å². The molecule has 1 aromatic carbocycles. The van der Waals surface area contributed by atoms with Crippen LogP contribution in [0.2, 0.25) is 0 Å². The highest BCUT2D eigenvalue weighted by Gasteiger charge is 2.36. The Bertz CT molecular complexity index is 961. The number of carbonyl (C=O) groups excluding carboxylic acids is 2. The number of nitrogens with one attached hydrogen (secondary N) is 1. The fourth-order valence-corrected chi connectivity index (χ4v) is 3.63. The first-order valence-corrected chi connectivity index (χ1v) is 9.98. The number of nitrogens with zero attached hydrogens (tertiary/aromatic N) is 3. The van der Waals surface area contributed by atoms with Gasteiger partial charge in [0.15, 0.2) is 0 Å². The lowest BCUT2D eigenvalue weighted by Crippen LogP contribution is -2.60. The second-order valence-electron chi connectivity index (χ2n) is 7.27. The molecule has 3 aromatic rings. The molecule has 0 spiro atoms. The number of benzene rings is 1. The highest BCUT2D eigenvalue weighted by Crippen LogP contribution is 2.17. The Morgan fingerprint density at radius 2 is 1.93 bits per heavy atom. The topological polar surface area (TPSA) is 78.7 Å². The number of rotatable bonds is 6. The van der Waals surface area contributed by atoms with Gasteiger partial charge in [0.05, 0.1) is 18.4 Å². The van der Waals surface area contributed by atoms with Crippen molar-refractivity contribution in [3.63, 3.8) is 0 Å². The molecule has 0 aliphatic carbocycles. The average Bonchev–Trinajstić information content (AvgIpc) is 3.31. The number of aromatic nitrogens is 1. The van der Waals surface area contributed by atoms with E-state index in [1.165, 1.54) is 6.20 Å². The van der Waals surface area contributed by atoms with Crippen molar-refractivity contribution in [3.8, 4) is 0 Å². The summed E-state index contributed by atoms with van der Waals surface area (Å²) in [5.41, 5.74) is 1.50. The largest absolute Gasteiger partial charge is 0.468 e. The van der Waals surface area contributed by atoms with E-state index in [0.717, 1.165) is 11.3 Å². The second-order valence-corrected chi connectivity index (χ2v) is 7.27. The SMILES string of the molecule is O=C(NCc1ccccc1)C1CN(Cc2ccco2)CCN1C(=O)c1cccnc1. The van der Waals surface area contributed by atoms with Crippen molar-refractivity contribution in [1.29, 1.82) is 0 Å². The minimum absolute atomic E-state index is 0.166. The van der Waals surface area contributed by atoms with Gasteiger partial charge in [-0.1, -0.05) is 30.3 Å². The number of furan rings is 1. The Morgan fingerprint density at radius 1 is 1.07 bits per heavy atom. The van der Waals surface area contributed by atoms with Gasteiger partial charge in [0.25, 0.3) is 5.91 Å². The van der Waals surface area contributed by atoms with Gasteiger partial charge in [-0.3, -0.25) is 19.5 Å². The van der Waals surface area contributed by atoms with Gasteiger partial charge in [-0.15, -0.1) is 0 Å². The fourth-order valence-electron chi connectivity index (χ4n) is 3.63. The summed E-state index contributed by atoms with van der Waals surface area (Å²) in [5.74, 6) is 0.492. The van der Waals surface area contributed by atoms with E-state index in [1.807, 2.05) is 42.5 Å². The van der Waals surface area contributed by atoms with Gasteiger partial charge in [0.2, 0.25) is 5.91 Å². The van der Waals surface area contributed by atoms with E-state index in [-0.39, 0.29) is 11.8 Å². The van der Waals surface area contributed by atoms with Crippen LogP contribution in [0.4, 0.5) is 0 Å². The smallest absolute Gasteiger partial charge is 0.256 e. The van der Waals surface area contributed by atoms with Crippen molar-refractivity contribution in [3.05, 3.63) is 90.1 Å². The molecule has 0 saturated carbocycles. The van der Waals surface area contributed by atoms with Gasteiger partial charge in [0.1, 0.15) is 11.8 Å². The van der Waals surface area contributed by atoms with Crippen LogP contribution in [0, 0.1) is 0 Å². The normalized spacial score (nSPS) is 16.9. The summed E-state index contributed by atoms with van der Waals surface area (Å²) in [7, 11) is 0. The molecule has 7 heteroatoms. The fraction of sp³-hybridized carbons (Fsp3) is 0.261. The summed E-state index contributed by atoms with van der Waals surface area (Å²) in [6.07, 6.45) is 4.81. The predicted octanol–water partition coefficient (Wildman–Crippen LogP) is 2.32. The maximum Gasteiger partial charge on any atom is 0.256 e. The number of hydrogen-bond acceptors (Lipinski definition) is 5. The molecule has 30 heavy (non-hydrogen) atoms. The summed E-state index contributed by atoms with van der Waals surface area (Å²) >= 11 is 0. The molecule has 1 saturated heterocycles. The maximum absolute atomic E-state index is 13.1. The molecule has 1 unspecified atom stereocenters. The molecule has 3 heterocycles. The predicted molar refractivity (Wildman–Crippen MR) is 111 cm³/mol. The highest BCUT2D eigenvalue weighted by atomic mass is 16.3. The van der Waals surface area contributed by atoms with Crippen molar-refractivity contribution >= 4 is 11.8 Å². The first-order valence-electron chi connectivity index (χ1n) is 9.98. The van der Waals surface area contributed by atoms with Gasteiger partial charge in [-0.05, 0) is 29.8 Å². The molecule has 154 valence electrons. The maximum atomic E-state index is 13.1. The molecular weight excluding hydrogens is 380 g/mol. The Balaban J connectivity index is 1.49. The van der Waals surface area contributed by atoms with Crippen LogP contribution in [-0.2, 0) is 17.9 Å². The van der Waals surface area contributed by atoms with Gasteiger partial charge >= 0.3 is 0 Å². The summed E-state index contributed by atoms with van der Waals surface area (Å²) in [4.78, 5) is 34.0. The number of amides is 2. The Kier molecular flexibility index (Phi) is 6.20. The van der Waals surface area contributed by atoms with Crippen molar-refractivity contribution in [1.82, 2.24) is 20.1 Å². The van der Waals surface area contributed by atoms with Gasteiger partial charge < -0.3 is 14.6 Å². The summed E-state index contributed by atoms with van der Waals surface area (Å²) in [5, 5.41) is 2.99. The van der Waals surface area contributed by atoms with Crippen LogP contribution in [0.5, 0.6) is 0 Å². The molecule has 1 atom stereocenters. The van der Waals surface area contributed by atoms with Crippen LogP contribution < -0.4 is 5.32 Å². The molecular formula is C23H24N4O3. The lowest BCUT2D eigenvalue weighted by atomic mass is 10.1. The van der Waals surface area contributed by atoms with Crippen LogP contribution in [-0.4, -0.2) is 52.3 Å². The second kappa shape index (κ2) is 9.37. The van der Waals surface area contributed by atoms with E-state index in [0.29, 0.717) is 38.3 Å². The van der Waals surface area contributed by atoms with Crippen LogP contribution in [0.25, 0.3) is 0 Å². The number of carbonyl (C=O) groups is 2. The summed E-state index contributed by atoms with van der Waals surface area (Å²) < 4.78 is 5.45. The van der Waals surface area contributed by atoms with Crippen molar-refractivity contribution in [2.75, 3.05) is 19.6 Å². The Hall–Kier alpha value is -3.45. The molecule has 0 radical (unpaired) electrons. The number of pyridine rings is 1. The Morgan fingerprint density at radius 3 is 2.67 bits per heavy atom. The standard InChI is InChI=1S/C23H24N4O3/c28-22(25-14-18-6-2-1-3-7-18)21-17-26(16-20-9-5-13-30-20)11-12-27(21)23(29)19-8-4-10-24-15-19/h1-10,13,15,21H,11-12,14,16-17H2,(H,25,28). The molecule has 4 rings (SSSR count). The van der Waals surface area contributed by atoms with Gasteiger partial charge in [-0.25, -0.2) is 0 Å². The van der Waals surface area contributed by atoms with Crippen LogP contribution in [0.15, 0.2) is 77.7 Å². The molecule has 7 nitrogen and oxygen atoms in total. The molecule has 1 fully saturated rings. The summed E-state index contributed by atoms with van der Waals surface area (Å²) in [6, 6.07) is 16.4. The average molecular weight is 404 g/mol. The summed E-state index contributed by atoms with van der Waals surface area (Å²) in [6.45, 7) is 2.58. The van der Waals surface area contributed by atoms with Gasteiger partial charge in [-0.2, -0.15) is 0 Å². The lowest BCUT2D eigenvalue weighted by Gasteiger charge is -2.40. The van der Waals surface area contributed by atoms with Crippen LogP contribution >= 0.6 is 0 Å². The van der Waals surface area contributed by atoms with Crippen LogP contribution in [0.3, 0.4) is 0 Å². The van der Waals surface area contributed by atoms with E-state index < -0.39 is 6.04 Å². The zero-order chi connectivity index (χ0) is 20.8. The number of piperazine rings is 1. The molecule has 1 aliphatic rings. The third-order valence-corrected chi connectivity index (χ3v) is 5.21. The van der Waals surface area contributed by atoms with Crippen molar-refractivity contribution in [2.24, 2.45) is 0 Å². The molecule has 1 N–H and O–H groups in total. The molecule has 2 amide bonds. The number of hydrogen-bond donors (Lipinski definition) is 1. The van der Waals surface area contributed by atoms with Crippen LogP contribution in [0.1, 0.15) is 21.7 Å². The monoisotopic (exact) mass is 404 g/mol. The third-order valence-electron chi connectivity index (χ3n) is 5.21. The minimum atomic E-state index is -0.592. The third kappa shape index (κ3) is 4.75. The Labute approximate surface area is 175 Å². The van der Waals surface area contributed by atoms with E-state index >= 15 is 0 Å². The lowest BCUT2D eigenvalue weighted by molar-refractivity contribution is -0.128. The van der Waals surface area contributed by atoms with Crippen molar-refractivity contribution in [2.45, 2.75) is 19.1 Å². The van der Waals surface area contributed by atoms with E-state index in [4.69, 9.17) is 4.42 Å². The molecule has 0 bridgehead atoms. The van der Waals surface area contributed by atoms with Crippen molar-refractivity contribution < 1.29 is 14.0 Å². The first-order chi connectivity index (χ1) is 14.7. The highest BCUT2D eigenvalue weighted by molar-refractivity contribution is 5.97. The quantitative estimate of drug-likeness (QED) is 0.682. The van der Waals surface area contributed by atoms with E-state index in [9.17, 15) is 9.59 Å². The van der Waals surface area contributed by atoms with E-state index in [1.54, 1.807) is 29.5 Å². The minimum Gasteiger partial charge on any atom is -0.468 e.